The van der Waals surface area contributed by atoms with Gasteiger partial charge in [-0.2, -0.15) is 8.78 Å². The molecule has 0 heterocycles. The van der Waals surface area contributed by atoms with Gasteiger partial charge in [0, 0.05) is 20.8 Å². The molecular formula is C20H20BrCl2F2N2OP. The van der Waals surface area contributed by atoms with Crippen LogP contribution in [0.2, 0.25) is 10.0 Å². The largest absolute Gasteiger partial charge is 0.354 e. The monoisotopic (exact) mass is 522 g/mol. The van der Waals surface area contributed by atoms with E-state index in [9.17, 15) is 13.7 Å². The molecule has 0 aliphatic heterocycles. The molecule has 9 heteroatoms. The number of nitroso groups, excluding NO2 is 1. The second kappa shape index (κ2) is 8.58. The van der Waals surface area contributed by atoms with Gasteiger partial charge in [-0.1, -0.05) is 75.7 Å². The van der Waals surface area contributed by atoms with Crippen LogP contribution in [0.3, 0.4) is 0 Å². The summed E-state index contributed by atoms with van der Waals surface area (Å²) in [6, 6.07) is 4.32. The zero-order valence-corrected chi connectivity index (χ0v) is 20.5. The zero-order chi connectivity index (χ0) is 22.3. The number of nitrogens with zero attached hydrogens (tertiary/aromatic N) is 1. The van der Waals surface area contributed by atoms with Crippen molar-refractivity contribution in [3.8, 4) is 0 Å². The van der Waals surface area contributed by atoms with Crippen LogP contribution in [0.1, 0.15) is 43.0 Å². The Hall–Kier alpha value is -1.07. The Kier molecular flexibility index (Phi) is 7.16. The van der Waals surface area contributed by atoms with Gasteiger partial charge in [-0.05, 0) is 46.8 Å². The van der Waals surface area contributed by atoms with Crippen molar-refractivity contribution >= 4 is 65.4 Å². The van der Waals surface area contributed by atoms with E-state index in [-0.39, 0.29) is 32.5 Å². The summed E-state index contributed by atoms with van der Waals surface area (Å²) in [5.74, 6) is 0. The molecule has 0 fully saturated rings. The number of nitrogens with one attached hydrogen (secondary N) is 1. The predicted molar refractivity (Wildman–Crippen MR) is 126 cm³/mol. The number of rotatable bonds is 5. The maximum absolute atomic E-state index is 14.1. The van der Waals surface area contributed by atoms with Gasteiger partial charge in [0.05, 0.1) is 16.3 Å². The minimum atomic E-state index is -3.29. The van der Waals surface area contributed by atoms with Crippen molar-refractivity contribution in [2.24, 2.45) is 5.18 Å². The predicted octanol–water partition coefficient (Wildman–Crippen LogP) is 8.77. The van der Waals surface area contributed by atoms with E-state index in [1.54, 1.807) is 6.92 Å². The minimum Gasteiger partial charge on any atom is -0.354 e. The molecule has 2 rings (SSSR count). The Bertz CT molecular complexity index is 1000. The molecule has 156 valence electrons. The Labute approximate surface area is 189 Å². The maximum atomic E-state index is 14.1. The van der Waals surface area contributed by atoms with Crippen LogP contribution in [-0.2, 0) is 11.1 Å². The third kappa shape index (κ3) is 5.16. The fraction of sp³-hybridized carbons (Fsp3) is 0.300. The average Bonchev–Trinajstić information content (AvgIpc) is 2.56. The summed E-state index contributed by atoms with van der Waals surface area (Å²) in [7, 11) is 1.46. The molecule has 3 nitrogen and oxygen atoms in total. The first-order valence-electron chi connectivity index (χ1n) is 8.48. The lowest BCUT2D eigenvalue weighted by atomic mass is 9.83. The second-order valence-corrected chi connectivity index (χ2v) is 10.1. The summed E-state index contributed by atoms with van der Waals surface area (Å²) in [5.41, 5.74) is -1.92. The topological polar surface area (TPSA) is 41.5 Å². The highest BCUT2D eigenvalue weighted by atomic mass is 79.9. The highest BCUT2D eigenvalue weighted by Gasteiger charge is 2.31. The molecule has 1 N–H and O–H groups in total. The van der Waals surface area contributed by atoms with Crippen molar-refractivity contribution in [3.05, 3.63) is 66.5 Å². The van der Waals surface area contributed by atoms with E-state index in [2.05, 4.69) is 33.0 Å². The van der Waals surface area contributed by atoms with Crippen molar-refractivity contribution in [2.75, 3.05) is 5.32 Å². The van der Waals surface area contributed by atoms with E-state index >= 15 is 0 Å². The van der Waals surface area contributed by atoms with Crippen LogP contribution < -0.4 is 5.32 Å². The molecular weight excluding hydrogens is 504 g/mol. The number of hydrogen-bond acceptors (Lipinski definition) is 3. The number of anilines is 1. The fourth-order valence-electron chi connectivity index (χ4n) is 2.95. The third-order valence-corrected chi connectivity index (χ3v) is 6.04. The molecule has 0 saturated heterocycles. The Morgan fingerprint density at radius 2 is 1.79 bits per heavy atom. The Morgan fingerprint density at radius 1 is 1.21 bits per heavy atom. The standard InChI is InChI=1S/C20H20BrCl2F2N2OP/c1-9-14(21)8-12(19(3,4)5)18(27-28)16(9)10(2)26-17-13(20(24,25)29)6-11(22)7-15(17)23/h6-8,26H,2,29H2,1,3-5H3. The van der Waals surface area contributed by atoms with Crippen LogP contribution in [0.25, 0.3) is 5.70 Å². The highest BCUT2D eigenvalue weighted by molar-refractivity contribution is 9.10. The molecule has 0 aromatic heterocycles. The van der Waals surface area contributed by atoms with Gasteiger partial charge in [0.25, 0.3) is 5.66 Å². The van der Waals surface area contributed by atoms with E-state index in [1.807, 2.05) is 26.8 Å². The zero-order valence-electron chi connectivity index (χ0n) is 16.3. The SMILES string of the molecule is C=C(Nc1c(Cl)cc(Cl)cc1C(F)(F)P)c1c(C)c(Br)cc(C(C)(C)C)c1N=O. The fourth-order valence-corrected chi connectivity index (χ4v) is 4.14. The van der Waals surface area contributed by atoms with Crippen LogP contribution >= 0.6 is 48.4 Å². The van der Waals surface area contributed by atoms with Gasteiger partial charge in [0.1, 0.15) is 5.69 Å². The van der Waals surface area contributed by atoms with Gasteiger partial charge in [0.2, 0.25) is 0 Å². The molecule has 0 radical (unpaired) electrons. The van der Waals surface area contributed by atoms with Crippen LogP contribution in [0.15, 0.2) is 34.4 Å². The van der Waals surface area contributed by atoms with Crippen molar-refractivity contribution in [2.45, 2.75) is 38.8 Å². The molecule has 1 atom stereocenters. The van der Waals surface area contributed by atoms with Crippen LogP contribution in [0.5, 0.6) is 0 Å². The van der Waals surface area contributed by atoms with Crippen molar-refractivity contribution < 1.29 is 8.78 Å². The van der Waals surface area contributed by atoms with Crippen LogP contribution in [0, 0.1) is 11.8 Å². The maximum Gasteiger partial charge on any atom is 0.285 e. The number of hydrogen-bond donors (Lipinski definition) is 1. The van der Waals surface area contributed by atoms with Crippen molar-refractivity contribution in [3.63, 3.8) is 0 Å². The number of benzene rings is 2. The molecule has 29 heavy (non-hydrogen) atoms. The quantitative estimate of drug-likeness (QED) is 0.314. The lowest BCUT2D eigenvalue weighted by molar-refractivity contribution is 0.105. The molecule has 1 unspecified atom stereocenters. The molecule has 0 saturated carbocycles. The molecule has 0 amide bonds. The molecule has 0 aliphatic rings. The summed E-state index contributed by atoms with van der Waals surface area (Å²) in [4.78, 5) is 11.8. The van der Waals surface area contributed by atoms with E-state index in [1.165, 1.54) is 15.3 Å². The number of alkyl halides is 2. The first-order valence-corrected chi connectivity index (χ1v) is 10.6. The van der Waals surface area contributed by atoms with Gasteiger partial charge in [-0.15, -0.1) is 4.91 Å². The second-order valence-electron chi connectivity index (χ2n) is 7.63. The molecule has 2 aromatic rings. The van der Waals surface area contributed by atoms with Gasteiger partial charge in [-0.3, -0.25) is 0 Å². The van der Waals surface area contributed by atoms with Gasteiger partial charge in [0.15, 0.2) is 0 Å². The first-order chi connectivity index (χ1) is 13.2. The van der Waals surface area contributed by atoms with E-state index in [0.717, 1.165) is 10.5 Å². The van der Waals surface area contributed by atoms with Gasteiger partial charge in [-0.25, -0.2) is 0 Å². The minimum absolute atomic E-state index is 0.0000759. The smallest absolute Gasteiger partial charge is 0.285 e. The third-order valence-electron chi connectivity index (χ3n) is 4.39. The van der Waals surface area contributed by atoms with Crippen LogP contribution in [0.4, 0.5) is 20.2 Å². The number of halogens is 5. The average molecular weight is 524 g/mol. The molecule has 0 bridgehead atoms. The van der Waals surface area contributed by atoms with Gasteiger partial charge < -0.3 is 5.32 Å². The summed E-state index contributed by atoms with van der Waals surface area (Å²) < 4.78 is 29.0. The summed E-state index contributed by atoms with van der Waals surface area (Å²) >= 11 is 15.6. The summed E-state index contributed by atoms with van der Waals surface area (Å²) in [6.07, 6.45) is 0. The lowest BCUT2D eigenvalue weighted by Gasteiger charge is -2.26. The molecule has 2 aromatic carbocycles. The van der Waals surface area contributed by atoms with Crippen LogP contribution in [-0.4, -0.2) is 0 Å². The summed E-state index contributed by atoms with van der Waals surface area (Å²) in [6.45, 7) is 11.6. The van der Waals surface area contributed by atoms with Crippen molar-refractivity contribution in [1.29, 1.82) is 0 Å². The van der Waals surface area contributed by atoms with E-state index < -0.39 is 11.2 Å². The normalized spacial score (nSPS) is 12.1. The Balaban J connectivity index is 2.70. The summed E-state index contributed by atoms with van der Waals surface area (Å²) in [5, 5.41) is 6.16. The molecule has 0 aliphatic carbocycles. The van der Waals surface area contributed by atoms with E-state index in [4.69, 9.17) is 23.2 Å². The van der Waals surface area contributed by atoms with E-state index in [0.29, 0.717) is 16.7 Å². The van der Waals surface area contributed by atoms with Gasteiger partial charge >= 0.3 is 0 Å². The van der Waals surface area contributed by atoms with Crippen molar-refractivity contribution in [1.82, 2.24) is 0 Å². The Morgan fingerprint density at radius 3 is 2.28 bits per heavy atom. The molecule has 0 spiro atoms. The lowest BCUT2D eigenvalue weighted by Crippen LogP contribution is -2.14. The first kappa shape index (κ1) is 24.2. The highest BCUT2D eigenvalue weighted by Crippen LogP contribution is 2.46.